The van der Waals surface area contributed by atoms with Gasteiger partial charge in [-0.1, -0.05) is 24.3 Å². The number of aromatic nitrogens is 2. The molecule has 2 aromatic carbocycles. The zero-order valence-electron chi connectivity index (χ0n) is 14.6. The Bertz CT molecular complexity index is 1040. The molecule has 0 saturated heterocycles. The Kier molecular flexibility index (Phi) is 4.77. The third kappa shape index (κ3) is 4.09. The third-order valence-corrected chi connectivity index (χ3v) is 5.84. The molecule has 1 N–H and O–H groups in total. The van der Waals surface area contributed by atoms with Gasteiger partial charge in [-0.05, 0) is 61.1 Å². The number of sulfonamides is 1. The average Bonchev–Trinajstić information content (AvgIpc) is 2.70. The number of aryl methyl sites for hydroxylation is 2. The van der Waals surface area contributed by atoms with Crippen molar-refractivity contribution >= 4 is 15.7 Å². The van der Waals surface area contributed by atoms with Crippen LogP contribution in [0.4, 0.5) is 5.69 Å². The minimum Gasteiger partial charge on any atom is -0.424 e. The van der Waals surface area contributed by atoms with E-state index in [0.29, 0.717) is 5.75 Å². The maximum Gasteiger partial charge on any atom is 0.322 e. The summed E-state index contributed by atoms with van der Waals surface area (Å²) in [5.41, 5.74) is 2.64. The van der Waals surface area contributed by atoms with E-state index in [2.05, 4.69) is 14.7 Å². The lowest BCUT2D eigenvalue weighted by atomic mass is 9.92. The van der Waals surface area contributed by atoms with Gasteiger partial charge in [-0.2, -0.15) is 0 Å². The van der Waals surface area contributed by atoms with Crippen LogP contribution in [0.2, 0.25) is 0 Å². The summed E-state index contributed by atoms with van der Waals surface area (Å²) < 4.78 is 33.4. The molecule has 6 nitrogen and oxygen atoms in total. The number of para-hydroxylation sites is 1. The van der Waals surface area contributed by atoms with Gasteiger partial charge in [0.15, 0.2) is 0 Å². The Balaban J connectivity index is 1.49. The highest BCUT2D eigenvalue weighted by molar-refractivity contribution is 7.92. The van der Waals surface area contributed by atoms with Gasteiger partial charge in [0.25, 0.3) is 10.0 Å². The van der Waals surface area contributed by atoms with Crippen LogP contribution in [0.5, 0.6) is 11.8 Å². The molecule has 138 valence electrons. The van der Waals surface area contributed by atoms with Gasteiger partial charge >= 0.3 is 6.01 Å². The fourth-order valence-electron chi connectivity index (χ4n) is 3.11. The van der Waals surface area contributed by atoms with E-state index in [1.807, 2.05) is 24.3 Å². The first-order valence-corrected chi connectivity index (χ1v) is 10.3. The van der Waals surface area contributed by atoms with Crippen molar-refractivity contribution in [2.45, 2.75) is 30.6 Å². The number of nitrogens with zero attached hydrogens (tertiary/aromatic N) is 2. The molecule has 3 aromatic rings. The maximum atomic E-state index is 12.7. The minimum absolute atomic E-state index is 0.151. The van der Waals surface area contributed by atoms with E-state index in [4.69, 9.17) is 4.74 Å². The Morgan fingerprint density at radius 3 is 2.33 bits per heavy atom. The molecule has 0 aliphatic heterocycles. The maximum absolute atomic E-state index is 12.7. The molecular weight excluding hydrogens is 362 g/mol. The third-order valence-electron chi connectivity index (χ3n) is 4.46. The molecular formula is C20H19N3O3S. The monoisotopic (exact) mass is 381 g/mol. The van der Waals surface area contributed by atoms with E-state index >= 15 is 0 Å². The average molecular weight is 381 g/mol. The molecule has 0 amide bonds. The van der Waals surface area contributed by atoms with Crippen molar-refractivity contribution in [1.82, 2.24) is 9.97 Å². The van der Waals surface area contributed by atoms with Crippen LogP contribution in [0.3, 0.4) is 0 Å². The van der Waals surface area contributed by atoms with Gasteiger partial charge in [0.05, 0.1) is 23.0 Å². The van der Waals surface area contributed by atoms with Crippen molar-refractivity contribution < 1.29 is 13.2 Å². The Morgan fingerprint density at radius 2 is 1.59 bits per heavy atom. The molecule has 27 heavy (non-hydrogen) atoms. The lowest BCUT2D eigenvalue weighted by molar-refractivity contribution is 0.442. The fourth-order valence-corrected chi connectivity index (χ4v) is 4.18. The highest BCUT2D eigenvalue weighted by atomic mass is 32.2. The van der Waals surface area contributed by atoms with Crippen molar-refractivity contribution in [2.24, 2.45) is 0 Å². The summed E-state index contributed by atoms with van der Waals surface area (Å²) in [4.78, 5) is 8.38. The molecule has 7 heteroatoms. The summed E-state index contributed by atoms with van der Waals surface area (Å²) in [6, 6.07) is 14.6. The van der Waals surface area contributed by atoms with E-state index < -0.39 is 10.0 Å². The molecule has 1 aliphatic rings. The van der Waals surface area contributed by atoms with Gasteiger partial charge in [0, 0.05) is 0 Å². The largest absolute Gasteiger partial charge is 0.424 e. The minimum atomic E-state index is -3.69. The number of rotatable bonds is 5. The number of anilines is 1. The van der Waals surface area contributed by atoms with Gasteiger partial charge in [-0.25, -0.2) is 18.4 Å². The Hall–Kier alpha value is -2.93. The van der Waals surface area contributed by atoms with Gasteiger partial charge in [-0.3, -0.25) is 4.72 Å². The zero-order chi connectivity index (χ0) is 18.7. The number of ether oxygens (including phenoxy) is 1. The quantitative estimate of drug-likeness (QED) is 0.724. The van der Waals surface area contributed by atoms with Crippen molar-refractivity contribution in [3.63, 3.8) is 0 Å². The summed E-state index contributed by atoms with van der Waals surface area (Å²) in [6.07, 6.45) is 6.97. The second-order valence-corrected chi connectivity index (χ2v) is 8.09. The van der Waals surface area contributed by atoms with Crippen molar-refractivity contribution in [2.75, 3.05) is 4.72 Å². The summed E-state index contributed by atoms with van der Waals surface area (Å²) in [5, 5.41) is 0. The van der Waals surface area contributed by atoms with Gasteiger partial charge in [0.1, 0.15) is 5.75 Å². The molecule has 0 saturated carbocycles. The number of hydrogen-bond acceptors (Lipinski definition) is 5. The molecule has 0 bridgehead atoms. The van der Waals surface area contributed by atoms with Crippen LogP contribution in [-0.4, -0.2) is 18.4 Å². The fraction of sp³-hybridized carbons (Fsp3) is 0.200. The summed E-state index contributed by atoms with van der Waals surface area (Å²) in [5.74, 6) is 0.611. The molecule has 1 aliphatic carbocycles. The van der Waals surface area contributed by atoms with Gasteiger partial charge < -0.3 is 4.74 Å². The van der Waals surface area contributed by atoms with E-state index in [-0.39, 0.29) is 16.6 Å². The SMILES string of the molecule is O=S(=O)(Nc1cnc(Oc2ccccc2)nc1)c1ccc2c(c1)CCCC2. The van der Waals surface area contributed by atoms with Crippen LogP contribution in [0.25, 0.3) is 0 Å². The number of benzene rings is 2. The van der Waals surface area contributed by atoms with E-state index in [9.17, 15) is 8.42 Å². The number of nitrogens with one attached hydrogen (secondary N) is 1. The number of hydrogen-bond donors (Lipinski definition) is 1. The smallest absolute Gasteiger partial charge is 0.322 e. The molecule has 4 rings (SSSR count). The highest BCUT2D eigenvalue weighted by Crippen LogP contribution is 2.25. The zero-order valence-corrected chi connectivity index (χ0v) is 15.4. The van der Waals surface area contributed by atoms with Crippen LogP contribution < -0.4 is 9.46 Å². The Labute approximate surface area is 158 Å². The van der Waals surface area contributed by atoms with E-state index in [1.54, 1.807) is 24.3 Å². The summed E-state index contributed by atoms with van der Waals surface area (Å²) in [7, 11) is -3.69. The van der Waals surface area contributed by atoms with Crippen LogP contribution in [0.1, 0.15) is 24.0 Å². The van der Waals surface area contributed by atoms with Gasteiger partial charge in [0.2, 0.25) is 0 Å². The van der Waals surface area contributed by atoms with Crippen LogP contribution in [-0.2, 0) is 22.9 Å². The molecule has 0 unspecified atom stereocenters. The summed E-state index contributed by atoms with van der Waals surface area (Å²) in [6.45, 7) is 0. The number of fused-ring (bicyclic) bond motifs is 1. The van der Waals surface area contributed by atoms with Crippen LogP contribution in [0, 0.1) is 0 Å². The second kappa shape index (κ2) is 7.36. The molecule has 0 fully saturated rings. The van der Waals surface area contributed by atoms with E-state index in [0.717, 1.165) is 31.2 Å². The lowest BCUT2D eigenvalue weighted by Gasteiger charge is -2.17. The molecule has 1 aromatic heterocycles. The van der Waals surface area contributed by atoms with Crippen LogP contribution >= 0.6 is 0 Å². The molecule has 0 spiro atoms. The van der Waals surface area contributed by atoms with Gasteiger partial charge in [-0.15, -0.1) is 0 Å². The van der Waals surface area contributed by atoms with E-state index in [1.165, 1.54) is 18.0 Å². The first kappa shape index (κ1) is 17.5. The van der Waals surface area contributed by atoms with Crippen molar-refractivity contribution in [3.05, 3.63) is 72.1 Å². The topological polar surface area (TPSA) is 81.2 Å². The predicted octanol–water partition coefficient (Wildman–Crippen LogP) is 3.95. The van der Waals surface area contributed by atoms with Crippen LogP contribution in [0.15, 0.2) is 65.8 Å². The van der Waals surface area contributed by atoms with Crippen molar-refractivity contribution in [3.8, 4) is 11.8 Å². The Morgan fingerprint density at radius 1 is 0.889 bits per heavy atom. The summed E-state index contributed by atoms with van der Waals surface area (Å²) >= 11 is 0. The standard InChI is InChI=1S/C20H19N3O3S/c24-27(25,19-11-10-15-6-4-5-7-16(15)12-19)23-17-13-21-20(22-14-17)26-18-8-2-1-3-9-18/h1-3,8-14,23H,4-7H2. The second-order valence-electron chi connectivity index (χ2n) is 6.41. The first-order valence-electron chi connectivity index (χ1n) is 8.80. The predicted molar refractivity (Wildman–Crippen MR) is 102 cm³/mol. The lowest BCUT2D eigenvalue weighted by Crippen LogP contribution is -2.14. The normalized spacial score (nSPS) is 13.6. The highest BCUT2D eigenvalue weighted by Gasteiger charge is 2.18. The molecule has 0 radical (unpaired) electrons. The first-order chi connectivity index (χ1) is 13.1. The van der Waals surface area contributed by atoms with Crippen molar-refractivity contribution in [1.29, 1.82) is 0 Å². The molecule has 0 atom stereocenters. The molecule has 1 heterocycles.